The van der Waals surface area contributed by atoms with Gasteiger partial charge < -0.3 is 14.6 Å². The molecule has 1 N–H and O–H groups in total. The number of benzene rings is 1. The van der Waals surface area contributed by atoms with Crippen molar-refractivity contribution >= 4 is 10.9 Å². The molecule has 0 radical (unpaired) electrons. The van der Waals surface area contributed by atoms with Crippen LogP contribution in [0.1, 0.15) is 22.5 Å². The average molecular weight is 265 g/mol. The van der Waals surface area contributed by atoms with E-state index in [0.29, 0.717) is 23.9 Å². The number of H-pyrrole nitrogens is 1. The van der Waals surface area contributed by atoms with Crippen LogP contribution in [-0.4, -0.2) is 36.6 Å². The SMILES string of the molecule is [2H]C([2H])([2H])N1CCC[C@@H]1Cc1c[nH]c2ccc(OC)c(F)c12. The molecule has 19 heavy (non-hydrogen) atoms. The third-order valence-corrected chi connectivity index (χ3v) is 3.88. The molecule has 4 heteroatoms. The van der Waals surface area contributed by atoms with E-state index >= 15 is 0 Å². The van der Waals surface area contributed by atoms with Crippen molar-refractivity contribution in [3.8, 4) is 5.75 Å². The molecule has 0 aliphatic carbocycles. The fourth-order valence-electron chi connectivity index (χ4n) is 2.85. The number of nitrogens with one attached hydrogen (secondary N) is 1. The topological polar surface area (TPSA) is 28.3 Å². The second kappa shape index (κ2) is 4.85. The van der Waals surface area contributed by atoms with Crippen molar-refractivity contribution in [2.75, 3.05) is 20.6 Å². The average Bonchev–Trinajstić information content (AvgIpc) is 3.07. The Bertz CT molecular complexity index is 683. The number of halogens is 1. The minimum Gasteiger partial charge on any atom is -0.494 e. The number of aromatic amines is 1. The van der Waals surface area contributed by atoms with Crippen LogP contribution in [0.25, 0.3) is 10.9 Å². The third-order valence-electron chi connectivity index (χ3n) is 3.88. The van der Waals surface area contributed by atoms with Crippen LogP contribution in [0.2, 0.25) is 0 Å². The molecule has 3 rings (SSSR count). The highest BCUT2D eigenvalue weighted by Crippen LogP contribution is 2.30. The maximum absolute atomic E-state index is 14.5. The van der Waals surface area contributed by atoms with Crippen molar-refractivity contribution in [1.29, 1.82) is 0 Å². The minimum absolute atomic E-state index is 0.0860. The lowest BCUT2D eigenvalue weighted by atomic mass is 10.0. The van der Waals surface area contributed by atoms with Gasteiger partial charge in [0.15, 0.2) is 11.6 Å². The molecule has 2 heterocycles. The van der Waals surface area contributed by atoms with E-state index in [-0.39, 0.29) is 11.8 Å². The van der Waals surface area contributed by atoms with Gasteiger partial charge in [0.1, 0.15) is 0 Å². The second-order valence-electron chi connectivity index (χ2n) is 5.01. The molecule has 1 fully saturated rings. The van der Waals surface area contributed by atoms with E-state index in [4.69, 9.17) is 8.85 Å². The highest BCUT2D eigenvalue weighted by molar-refractivity contribution is 5.85. The summed E-state index contributed by atoms with van der Waals surface area (Å²) in [6.45, 7) is -1.53. The van der Waals surface area contributed by atoms with E-state index in [1.54, 1.807) is 23.2 Å². The number of aromatic nitrogens is 1. The van der Waals surface area contributed by atoms with Crippen LogP contribution in [0, 0.1) is 5.82 Å². The largest absolute Gasteiger partial charge is 0.494 e. The van der Waals surface area contributed by atoms with Crippen LogP contribution in [-0.2, 0) is 6.42 Å². The quantitative estimate of drug-likeness (QED) is 0.924. The lowest BCUT2D eigenvalue weighted by Crippen LogP contribution is -2.26. The van der Waals surface area contributed by atoms with E-state index in [9.17, 15) is 4.39 Å². The first-order valence-electron chi connectivity index (χ1n) is 8.01. The number of hydrogen-bond donors (Lipinski definition) is 1. The summed E-state index contributed by atoms with van der Waals surface area (Å²) >= 11 is 0. The smallest absolute Gasteiger partial charge is 0.174 e. The zero-order valence-corrected chi connectivity index (χ0v) is 10.9. The first-order valence-corrected chi connectivity index (χ1v) is 6.51. The third kappa shape index (κ3) is 2.10. The van der Waals surface area contributed by atoms with Gasteiger partial charge in [-0.1, -0.05) is 0 Å². The Hall–Kier alpha value is -1.55. The molecule has 102 valence electrons. The fourth-order valence-corrected chi connectivity index (χ4v) is 2.85. The van der Waals surface area contributed by atoms with Gasteiger partial charge in [0.2, 0.25) is 0 Å². The van der Waals surface area contributed by atoms with Crippen LogP contribution < -0.4 is 4.74 Å². The number of fused-ring (bicyclic) bond motifs is 1. The van der Waals surface area contributed by atoms with Crippen molar-refractivity contribution in [3.05, 3.63) is 29.7 Å². The first kappa shape index (κ1) is 9.37. The molecule has 0 amide bonds. The van der Waals surface area contributed by atoms with Gasteiger partial charge in [0, 0.05) is 27.3 Å². The monoisotopic (exact) mass is 265 g/mol. The summed E-state index contributed by atoms with van der Waals surface area (Å²) in [6.07, 6.45) is 3.96. The van der Waals surface area contributed by atoms with Gasteiger partial charge in [-0.25, -0.2) is 4.39 Å². The Morgan fingerprint density at radius 3 is 3.26 bits per heavy atom. The maximum Gasteiger partial charge on any atom is 0.174 e. The van der Waals surface area contributed by atoms with Crippen molar-refractivity contribution in [1.82, 2.24) is 9.88 Å². The molecule has 0 saturated carbocycles. The van der Waals surface area contributed by atoms with Gasteiger partial charge in [-0.05, 0) is 50.5 Å². The molecule has 1 aromatic heterocycles. The van der Waals surface area contributed by atoms with E-state index in [2.05, 4.69) is 4.98 Å². The van der Waals surface area contributed by atoms with Gasteiger partial charge in [-0.2, -0.15) is 0 Å². The van der Waals surface area contributed by atoms with Crippen molar-refractivity contribution in [2.45, 2.75) is 25.3 Å². The predicted octanol–water partition coefficient (Wildman–Crippen LogP) is 2.95. The van der Waals surface area contributed by atoms with Gasteiger partial charge >= 0.3 is 0 Å². The number of methoxy groups -OCH3 is 1. The number of rotatable bonds is 3. The minimum atomic E-state index is -2.09. The molecule has 0 bridgehead atoms. The summed E-state index contributed by atoms with van der Waals surface area (Å²) in [5, 5.41) is 0.497. The number of ether oxygens (including phenoxy) is 1. The van der Waals surface area contributed by atoms with Crippen molar-refractivity contribution in [2.24, 2.45) is 0 Å². The highest BCUT2D eigenvalue weighted by Gasteiger charge is 2.23. The van der Waals surface area contributed by atoms with E-state index in [1.165, 1.54) is 7.11 Å². The molecule has 1 aliphatic heterocycles. The molecule has 1 atom stereocenters. The maximum atomic E-state index is 14.5. The van der Waals surface area contributed by atoms with E-state index in [1.807, 2.05) is 0 Å². The van der Waals surface area contributed by atoms with Crippen LogP contribution in [0.3, 0.4) is 0 Å². The molecular weight excluding hydrogens is 243 g/mol. The Kier molecular flexibility index (Phi) is 2.39. The summed E-state index contributed by atoms with van der Waals surface area (Å²) in [7, 11) is 1.43. The standard InChI is InChI=1S/C15H19FN2O/c1-18-7-3-4-11(18)8-10-9-17-12-5-6-13(19-2)15(16)14(10)12/h5-6,9,11,17H,3-4,7-8H2,1-2H3/t11-/m1/s1/i1D3. The molecule has 2 aromatic rings. The Morgan fingerprint density at radius 2 is 2.47 bits per heavy atom. The van der Waals surface area contributed by atoms with Crippen LogP contribution in [0.15, 0.2) is 18.3 Å². The zero-order valence-electron chi connectivity index (χ0n) is 13.9. The summed E-state index contributed by atoms with van der Waals surface area (Å²) in [6, 6.07) is 3.27. The van der Waals surface area contributed by atoms with Crippen LogP contribution in [0.5, 0.6) is 5.75 Å². The molecule has 3 nitrogen and oxygen atoms in total. The highest BCUT2D eigenvalue weighted by atomic mass is 19.1. The van der Waals surface area contributed by atoms with Gasteiger partial charge in [-0.3, -0.25) is 0 Å². The second-order valence-corrected chi connectivity index (χ2v) is 5.01. The number of hydrogen-bond acceptors (Lipinski definition) is 2. The zero-order chi connectivity index (χ0) is 15.9. The van der Waals surface area contributed by atoms with Crippen molar-refractivity contribution in [3.63, 3.8) is 0 Å². The summed E-state index contributed by atoms with van der Waals surface area (Å²) < 4.78 is 42.4. The number of likely N-dealkylation sites (tertiary alicyclic amines) is 1. The van der Waals surface area contributed by atoms with E-state index < -0.39 is 12.8 Å². The van der Waals surface area contributed by atoms with Crippen LogP contribution >= 0.6 is 0 Å². The summed E-state index contributed by atoms with van der Waals surface area (Å²) in [5.74, 6) is -0.192. The summed E-state index contributed by atoms with van der Waals surface area (Å²) in [5.41, 5.74) is 1.50. The molecule has 1 aliphatic rings. The summed E-state index contributed by atoms with van der Waals surface area (Å²) in [4.78, 5) is 4.60. The number of likely N-dealkylation sites (N-methyl/N-ethyl adjacent to an activating group) is 1. The van der Waals surface area contributed by atoms with Gasteiger partial charge in [-0.15, -0.1) is 0 Å². The van der Waals surface area contributed by atoms with E-state index in [0.717, 1.165) is 18.4 Å². The molecule has 0 spiro atoms. The van der Waals surface area contributed by atoms with Gasteiger partial charge in [0.05, 0.1) is 7.11 Å². The van der Waals surface area contributed by atoms with Gasteiger partial charge in [0.25, 0.3) is 0 Å². The predicted molar refractivity (Wildman–Crippen MR) is 74.2 cm³/mol. The molecule has 0 unspecified atom stereocenters. The number of nitrogens with zero attached hydrogens (tertiary/aromatic N) is 1. The molecule has 1 saturated heterocycles. The normalized spacial score (nSPS) is 23.3. The van der Waals surface area contributed by atoms with Crippen LogP contribution in [0.4, 0.5) is 4.39 Å². The Morgan fingerprint density at radius 1 is 1.58 bits per heavy atom. The van der Waals surface area contributed by atoms with Crippen molar-refractivity contribution < 1.29 is 13.2 Å². The Balaban J connectivity index is 1.94. The first-order chi connectivity index (χ1) is 10.4. The molecule has 1 aromatic carbocycles. The lowest BCUT2D eigenvalue weighted by molar-refractivity contribution is 0.309. The fraction of sp³-hybridized carbons (Fsp3) is 0.467. The Labute approximate surface area is 116 Å². The molecular formula is C15H19FN2O. The lowest BCUT2D eigenvalue weighted by Gasteiger charge is -2.18.